The quantitative estimate of drug-likeness (QED) is 0.486. The van der Waals surface area contributed by atoms with Crippen LogP contribution < -0.4 is 0 Å². The van der Waals surface area contributed by atoms with Gasteiger partial charge in [0.2, 0.25) is 0 Å². The van der Waals surface area contributed by atoms with E-state index in [1.165, 1.54) is 19.6 Å². The third-order valence-electron chi connectivity index (χ3n) is 1.01. The van der Waals surface area contributed by atoms with Crippen LogP contribution in [0.25, 0.3) is 0 Å². The predicted molar refractivity (Wildman–Crippen MR) is 34.5 cm³/mol. The van der Waals surface area contributed by atoms with Gasteiger partial charge in [-0.3, -0.25) is 4.99 Å². The Hall–Kier alpha value is -1.32. The van der Waals surface area contributed by atoms with E-state index in [0.29, 0.717) is 5.57 Å². The van der Waals surface area contributed by atoms with Gasteiger partial charge in [-0.15, -0.1) is 0 Å². The molecule has 1 rings (SSSR count). The Kier molecular flexibility index (Phi) is 2.04. The smallest absolute Gasteiger partial charge is 0.342 e. The second-order valence-electron chi connectivity index (χ2n) is 1.67. The predicted octanol–water partition coefficient (Wildman–Crippen LogP) is 0.102. The van der Waals surface area contributed by atoms with Gasteiger partial charge in [0, 0.05) is 6.21 Å². The average Bonchev–Trinajstić information content (AvgIpc) is 2.05. The summed E-state index contributed by atoms with van der Waals surface area (Å²) in [6.07, 6.45) is 2.76. The van der Waals surface area contributed by atoms with Gasteiger partial charge in [-0.25, -0.2) is 4.79 Å². The topological polar surface area (TPSA) is 47.9 Å². The fourth-order valence-corrected chi connectivity index (χ4v) is 0.555. The Morgan fingerprint density at radius 1 is 1.90 bits per heavy atom. The van der Waals surface area contributed by atoms with Crippen LogP contribution in [-0.4, -0.2) is 26.0 Å². The fraction of sp³-hybridized carbons (Fsp3) is 0.333. The molecule has 0 bridgehead atoms. The Morgan fingerprint density at radius 2 is 2.70 bits per heavy atom. The summed E-state index contributed by atoms with van der Waals surface area (Å²) in [5, 5.41) is 0. The summed E-state index contributed by atoms with van der Waals surface area (Å²) in [5.41, 5.74) is 0.341. The molecule has 0 N–H and O–H groups in total. The largest absolute Gasteiger partial charge is 0.478 e. The summed E-state index contributed by atoms with van der Waals surface area (Å²) in [7, 11) is 1.31. The zero-order valence-corrected chi connectivity index (χ0v) is 5.53. The van der Waals surface area contributed by atoms with Gasteiger partial charge in [0.15, 0.2) is 6.73 Å². The zero-order chi connectivity index (χ0) is 7.40. The van der Waals surface area contributed by atoms with Gasteiger partial charge in [0.1, 0.15) is 11.8 Å². The van der Waals surface area contributed by atoms with Crippen molar-refractivity contribution in [2.45, 2.75) is 0 Å². The molecule has 4 heteroatoms. The highest BCUT2D eigenvalue weighted by Crippen LogP contribution is 1.99. The van der Waals surface area contributed by atoms with E-state index in [2.05, 4.69) is 9.73 Å². The van der Waals surface area contributed by atoms with Crippen molar-refractivity contribution < 1.29 is 14.3 Å². The Bertz CT molecular complexity index is 195. The molecule has 0 aliphatic carbocycles. The molecular formula is C6H7NO3. The Labute approximate surface area is 58.2 Å². The lowest BCUT2D eigenvalue weighted by molar-refractivity contribution is -0.135. The lowest BCUT2D eigenvalue weighted by atomic mass is 10.3. The molecule has 0 saturated heterocycles. The minimum absolute atomic E-state index is 0.278. The zero-order valence-electron chi connectivity index (χ0n) is 5.53. The number of methoxy groups -OCH3 is 1. The van der Waals surface area contributed by atoms with Crippen LogP contribution in [-0.2, 0) is 14.3 Å². The first-order valence-corrected chi connectivity index (χ1v) is 2.74. The molecule has 1 aliphatic heterocycles. The normalized spacial score (nSPS) is 15.5. The van der Waals surface area contributed by atoms with Crippen molar-refractivity contribution in [2.24, 2.45) is 4.99 Å². The maximum atomic E-state index is 10.7. The molecule has 4 nitrogen and oxygen atoms in total. The number of aliphatic imine (C=N–C) groups is 1. The van der Waals surface area contributed by atoms with Crippen molar-refractivity contribution in [1.29, 1.82) is 0 Å². The molecule has 0 saturated carbocycles. The number of hydrogen-bond acceptors (Lipinski definition) is 4. The molecule has 1 heterocycles. The number of carbonyl (C=O) groups is 1. The highest BCUT2D eigenvalue weighted by Gasteiger charge is 2.08. The third-order valence-corrected chi connectivity index (χ3v) is 1.01. The van der Waals surface area contributed by atoms with Gasteiger partial charge in [-0.1, -0.05) is 0 Å². The van der Waals surface area contributed by atoms with Crippen molar-refractivity contribution in [3.05, 3.63) is 11.8 Å². The number of nitrogens with zero attached hydrogens (tertiary/aromatic N) is 1. The van der Waals surface area contributed by atoms with Crippen molar-refractivity contribution >= 4 is 12.2 Å². The lowest BCUT2D eigenvalue weighted by Crippen LogP contribution is -2.09. The summed E-state index contributed by atoms with van der Waals surface area (Å²) in [5.74, 6) is -0.427. The van der Waals surface area contributed by atoms with Gasteiger partial charge in [0.25, 0.3) is 0 Å². The molecule has 0 radical (unpaired) electrons. The number of esters is 1. The molecule has 0 amide bonds. The number of carbonyl (C=O) groups excluding carboxylic acids is 1. The van der Waals surface area contributed by atoms with Crippen LogP contribution in [0.1, 0.15) is 0 Å². The van der Waals surface area contributed by atoms with E-state index in [4.69, 9.17) is 4.74 Å². The average molecular weight is 141 g/mol. The van der Waals surface area contributed by atoms with E-state index >= 15 is 0 Å². The van der Waals surface area contributed by atoms with E-state index in [-0.39, 0.29) is 6.73 Å². The van der Waals surface area contributed by atoms with Gasteiger partial charge in [-0.2, -0.15) is 0 Å². The molecule has 0 aromatic rings. The number of rotatable bonds is 1. The van der Waals surface area contributed by atoms with Crippen molar-refractivity contribution in [3.8, 4) is 0 Å². The molecule has 1 aliphatic rings. The molecule has 0 spiro atoms. The molecule has 54 valence electrons. The molecule has 0 fully saturated rings. The minimum atomic E-state index is -0.427. The lowest BCUT2D eigenvalue weighted by Gasteiger charge is -2.04. The fourth-order valence-electron chi connectivity index (χ4n) is 0.555. The summed E-state index contributed by atoms with van der Waals surface area (Å²) < 4.78 is 9.16. The highest BCUT2D eigenvalue weighted by atomic mass is 16.5. The van der Waals surface area contributed by atoms with Crippen LogP contribution in [0.15, 0.2) is 16.8 Å². The Morgan fingerprint density at radius 3 is 3.20 bits per heavy atom. The van der Waals surface area contributed by atoms with E-state index in [1.807, 2.05) is 0 Å². The molecule has 0 atom stereocenters. The summed E-state index contributed by atoms with van der Waals surface area (Å²) in [6, 6.07) is 0. The molecule has 0 aromatic carbocycles. The first-order valence-electron chi connectivity index (χ1n) is 2.74. The van der Waals surface area contributed by atoms with Crippen LogP contribution in [0, 0.1) is 0 Å². The minimum Gasteiger partial charge on any atom is -0.478 e. The number of ether oxygens (including phenoxy) is 2. The van der Waals surface area contributed by atoms with E-state index in [1.54, 1.807) is 0 Å². The van der Waals surface area contributed by atoms with Crippen LogP contribution in [0.5, 0.6) is 0 Å². The van der Waals surface area contributed by atoms with Gasteiger partial charge >= 0.3 is 5.97 Å². The summed E-state index contributed by atoms with van der Waals surface area (Å²) in [6.45, 7) is 0.278. The Balaban J connectivity index is 2.63. The van der Waals surface area contributed by atoms with E-state index in [9.17, 15) is 4.79 Å². The van der Waals surface area contributed by atoms with Gasteiger partial charge in [0.05, 0.1) is 7.11 Å². The first-order chi connectivity index (χ1) is 4.84. The van der Waals surface area contributed by atoms with Crippen LogP contribution in [0.4, 0.5) is 0 Å². The monoisotopic (exact) mass is 141 g/mol. The van der Waals surface area contributed by atoms with Crippen LogP contribution in [0.3, 0.4) is 0 Å². The van der Waals surface area contributed by atoms with Crippen molar-refractivity contribution in [2.75, 3.05) is 13.8 Å². The van der Waals surface area contributed by atoms with Gasteiger partial charge < -0.3 is 9.47 Å². The maximum absolute atomic E-state index is 10.7. The first kappa shape index (κ1) is 6.80. The van der Waals surface area contributed by atoms with Crippen LogP contribution in [0.2, 0.25) is 0 Å². The molecular weight excluding hydrogens is 134 g/mol. The third kappa shape index (κ3) is 1.34. The van der Waals surface area contributed by atoms with E-state index in [0.717, 1.165) is 0 Å². The summed E-state index contributed by atoms with van der Waals surface area (Å²) in [4.78, 5) is 14.4. The summed E-state index contributed by atoms with van der Waals surface area (Å²) >= 11 is 0. The molecule has 10 heavy (non-hydrogen) atoms. The molecule has 0 unspecified atom stereocenters. The standard InChI is InChI=1S/C6H7NO3/c1-9-6(8)5-2-7-4-10-3-5/h2-3H,4H2,1H3. The van der Waals surface area contributed by atoms with Crippen molar-refractivity contribution in [1.82, 2.24) is 0 Å². The van der Waals surface area contributed by atoms with E-state index < -0.39 is 5.97 Å². The molecule has 0 aromatic heterocycles. The number of hydrogen-bond donors (Lipinski definition) is 0. The highest BCUT2D eigenvalue weighted by molar-refractivity contribution is 6.09. The van der Waals surface area contributed by atoms with Crippen LogP contribution >= 0.6 is 0 Å². The second-order valence-corrected chi connectivity index (χ2v) is 1.67. The second kappa shape index (κ2) is 3.00. The SMILES string of the molecule is COC(=O)C1=COCN=C1. The van der Waals surface area contributed by atoms with Gasteiger partial charge in [-0.05, 0) is 0 Å². The van der Waals surface area contributed by atoms with Crippen molar-refractivity contribution in [3.63, 3.8) is 0 Å². The maximum Gasteiger partial charge on any atom is 0.342 e.